The fourth-order valence-corrected chi connectivity index (χ4v) is 2.77. The highest BCUT2D eigenvalue weighted by Gasteiger charge is 2.27. The van der Waals surface area contributed by atoms with E-state index in [9.17, 15) is 4.79 Å². The van der Waals surface area contributed by atoms with Crippen LogP contribution in [0, 0.1) is 30.6 Å². The molecule has 2 atom stereocenters. The molecule has 1 heterocycles. The summed E-state index contributed by atoms with van der Waals surface area (Å²) >= 11 is 0. The van der Waals surface area contributed by atoms with Gasteiger partial charge in [0.15, 0.2) is 0 Å². The Labute approximate surface area is 127 Å². The normalized spacial score (nSPS) is 21.6. The lowest BCUT2D eigenvalue weighted by atomic mass is 9.88. The van der Waals surface area contributed by atoms with Crippen LogP contribution in [-0.2, 0) is 0 Å². The zero-order valence-electron chi connectivity index (χ0n) is 13.1. The Hall–Kier alpha value is -1.79. The highest BCUT2D eigenvalue weighted by atomic mass is 16.2. The van der Waals surface area contributed by atoms with Crippen LogP contribution in [0.3, 0.4) is 0 Å². The van der Waals surface area contributed by atoms with E-state index in [-0.39, 0.29) is 5.91 Å². The third kappa shape index (κ3) is 3.46. The van der Waals surface area contributed by atoms with Gasteiger partial charge in [-0.3, -0.25) is 4.79 Å². The minimum Gasteiger partial charge on any atom is -0.338 e. The number of hydrogen-bond acceptors (Lipinski definition) is 2. The van der Waals surface area contributed by atoms with E-state index in [1.165, 1.54) is 0 Å². The molecule has 0 aromatic heterocycles. The summed E-state index contributed by atoms with van der Waals surface area (Å²) in [6, 6.07) is 5.74. The van der Waals surface area contributed by atoms with Crippen molar-refractivity contribution in [1.82, 2.24) is 4.90 Å². The van der Waals surface area contributed by atoms with Gasteiger partial charge in [0.25, 0.3) is 5.91 Å². The SMILES string of the molecule is Cc1c(C#CCN)cccc1C(=O)N1CCC(C)C(C)C1. The van der Waals surface area contributed by atoms with Gasteiger partial charge in [0.05, 0.1) is 6.54 Å². The highest BCUT2D eigenvalue weighted by Crippen LogP contribution is 2.24. The average molecular weight is 284 g/mol. The predicted octanol–water partition coefficient (Wildman–Crippen LogP) is 2.42. The van der Waals surface area contributed by atoms with Gasteiger partial charge in [-0.25, -0.2) is 0 Å². The van der Waals surface area contributed by atoms with Crippen LogP contribution in [-0.4, -0.2) is 30.4 Å². The molecular weight excluding hydrogens is 260 g/mol. The molecule has 1 aliphatic rings. The van der Waals surface area contributed by atoms with Gasteiger partial charge < -0.3 is 10.6 Å². The van der Waals surface area contributed by atoms with Crippen molar-refractivity contribution in [2.75, 3.05) is 19.6 Å². The van der Waals surface area contributed by atoms with Crippen molar-refractivity contribution in [3.05, 3.63) is 34.9 Å². The van der Waals surface area contributed by atoms with E-state index in [1.54, 1.807) is 0 Å². The van der Waals surface area contributed by atoms with Crippen LogP contribution in [0.25, 0.3) is 0 Å². The maximum absolute atomic E-state index is 12.8. The largest absolute Gasteiger partial charge is 0.338 e. The van der Waals surface area contributed by atoms with Gasteiger partial charge in [0.1, 0.15) is 0 Å². The first-order valence-corrected chi connectivity index (χ1v) is 7.62. The number of benzene rings is 1. The van der Waals surface area contributed by atoms with Crippen LogP contribution in [0.5, 0.6) is 0 Å². The molecule has 3 nitrogen and oxygen atoms in total. The fraction of sp³-hybridized carbons (Fsp3) is 0.500. The van der Waals surface area contributed by atoms with Crippen molar-refractivity contribution in [2.45, 2.75) is 27.2 Å². The summed E-state index contributed by atoms with van der Waals surface area (Å²) in [6.07, 6.45) is 1.08. The van der Waals surface area contributed by atoms with E-state index >= 15 is 0 Å². The average Bonchev–Trinajstić information content (AvgIpc) is 2.48. The molecule has 1 amide bonds. The number of carbonyl (C=O) groups is 1. The van der Waals surface area contributed by atoms with E-state index in [1.807, 2.05) is 30.0 Å². The van der Waals surface area contributed by atoms with Crippen LogP contribution in [0.1, 0.15) is 41.8 Å². The van der Waals surface area contributed by atoms with Crippen LogP contribution in [0.15, 0.2) is 18.2 Å². The monoisotopic (exact) mass is 284 g/mol. The molecule has 0 spiro atoms. The molecule has 2 unspecified atom stereocenters. The molecule has 1 fully saturated rings. The smallest absolute Gasteiger partial charge is 0.254 e. The molecule has 1 aromatic carbocycles. The number of piperidine rings is 1. The molecule has 0 saturated carbocycles. The minimum absolute atomic E-state index is 0.127. The third-order valence-corrected chi connectivity index (χ3v) is 4.51. The molecule has 0 aliphatic carbocycles. The molecule has 2 N–H and O–H groups in total. The van der Waals surface area contributed by atoms with Crippen LogP contribution >= 0.6 is 0 Å². The Kier molecular flexibility index (Phi) is 5.03. The lowest BCUT2D eigenvalue weighted by Gasteiger charge is -2.35. The Morgan fingerprint density at radius 3 is 2.81 bits per heavy atom. The zero-order chi connectivity index (χ0) is 15.4. The van der Waals surface area contributed by atoms with Crippen molar-refractivity contribution in [3.63, 3.8) is 0 Å². The third-order valence-electron chi connectivity index (χ3n) is 4.51. The topological polar surface area (TPSA) is 46.3 Å². The maximum Gasteiger partial charge on any atom is 0.254 e. The molecule has 112 valence electrons. The lowest BCUT2D eigenvalue weighted by molar-refractivity contribution is 0.0626. The summed E-state index contributed by atoms with van der Waals surface area (Å²) in [6.45, 7) is 8.48. The van der Waals surface area contributed by atoms with Crippen LogP contribution in [0.2, 0.25) is 0 Å². The molecule has 1 aromatic rings. The van der Waals surface area contributed by atoms with Gasteiger partial charge in [-0.1, -0.05) is 31.8 Å². The summed E-state index contributed by atoms with van der Waals surface area (Å²) in [7, 11) is 0. The second-order valence-corrected chi connectivity index (χ2v) is 5.98. The molecule has 3 heteroatoms. The zero-order valence-corrected chi connectivity index (χ0v) is 13.1. The van der Waals surface area contributed by atoms with Crippen molar-refractivity contribution in [3.8, 4) is 11.8 Å². The predicted molar refractivity (Wildman–Crippen MR) is 86.0 cm³/mol. The summed E-state index contributed by atoms with van der Waals surface area (Å²) in [5, 5.41) is 0. The summed E-state index contributed by atoms with van der Waals surface area (Å²) < 4.78 is 0. The summed E-state index contributed by atoms with van der Waals surface area (Å²) in [4.78, 5) is 14.7. The summed E-state index contributed by atoms with van der Waals surface area (Å²) in [5.74, 6) is 7.28. The molecule has 0 radical (unpaired) electrons. The Bertz CT molecular complexity index is 583. The van der Waals surface area contributed by atoms with Gasteiger partial charge in [0.2, 0.25) is 0 Å². The second kappa shape index (κ2) is 6.78. The van der Waals surface area contributed by atoms with Crippen LogP contribution in [0.4, 0.5) is 0 Å². The van der Waals surface area contributed by atoms with Crippen molar-refractivity contribution < 1.29 is 4.79 Å². The fourth-order valence-electron chi connectivity index (χ4n) is 2.77. The second-order valence-electron chi connectivity index (χ2n) is 5.98. The molecule has 1 saturated heterocycles. The summed E-state index contributed by atoms with van der Waals surface area (Å²) in [5.41, 5.74) is 8.03. The number of hydrogen-bond donors (Lipinski definition) is 1. The van der Waals surface area contributed by atoms with E-state index in [0.29, 0.717) is 18.4 Å². The van der Waals surface area contributed by atoms with E-state index in [2.05, 4.69) is 25.7 Å². The molecule has 1 aliphatic heterocycles. The quantitative estimate of drug-likeness (QED) is 0.805. The van der Waals surface area contributed by atoms with E-state index < -0.39 is 0 Å². The first kappa shape index (κ1) is 15.6. The maximum atomic E-state index is 12.8. The Balaban J connectivity index is 2.23. The van der Waals surface area contributed by atoms with Gasteiger partial charge in [-0.2, -0.15) is 0 Å². The highest BCUT2D eigenvalue weighted by molar-refractivity contribution is 5.96. The van der Waals surface area contributed by atoms with E-state index in [0.717, 1.165) is 36.2 Å². The standard InChI is InChI=1S/C18H24N2O/c1-13-9-11-20(12-14(13)2)18(21)17-8-4-6-16(15(17)3)7-5-10-19/h4,6,8,13-14H,9-12,19H2,1-3H3. The molecule has 21 heavy (non-hydrogen) atoms. The Morgan fingerprint density at radius 1 is 1.38 bits per heavy atom. The van der Waals surface area contributed by atoms with Crippen molar-refractivity contribution in [1.29, 1.82) is 0 Å². The minimum atomic E-state index is 0.127. The van der Waals surface area contributed by atoms with Crippen molar-refractivity contribution in [2.24, 2.45) is 17.6 Å². The van der Waals surface area contributed by atoms with Gasteiger partial charge >= 0.3 is 0 Å². The van der Waals surface area contributed by atoms with E-state index in [4.69, 9.17) is 5.73 Å². The number of carbonyl (C=O) groups excluding carboxylic acids is 1. The lowest BCUT2D eigenvalue weighted by Crippen LogP contribution is -2.42. The first-order chi connectivity index (χ1) is 10.0. The van der Waals surface area contributed by atoms with Crippen molar-refractivity contribution >= 4 is 5.91 Å². The molecular formula is C18H24N2O. The number of amides is 1. The number of nitrogens with zero attached hydrogens (tertiary/aromatic N) is 1. The van der Waals surface area contributed by atoms with Gasteiger partial charge in [-0.05, 0) is 42.9 Å². The molecule has 2 rings (SSSR count). The van der Waals surface area contributed by atoms with Gasteiger partial charge in [-0.15, -0.1) is 0 Å². The molecule has 0 bridgehead atoms. The van der Waals surface area contributed by atoms with Gasteiger partial charge in [0, 0.05) is 24.2 Å². The number of likely N-dealkylation sites (tertiary alicyclic amines) is 1. The number of rotatable bonds is 1. The van der Waals surface area contributed by atoms with Crippen LogP contribution < -0.4 is 5.73 Å². The first-order valence-electron chi connectivity index (χ1n) is 7.62. The Morgan fingerprint density at radius 2 is 2.14 bits per heavy atom. The number of nitrogens with two attached hydrogens (primary N) is 1.